The SMILES string of the molecule is C[C@H](Cn1cnc2c(N)ncnc21)OCP(=O)(N[C@@H](C)C(=O)O)ON=C1CCOCC1. The van der Waals surface area contributed by atoms with Gasteiger partial charge < -0.3 is 29.5 Å². The Kier molecular flexibility index (Phi) is 7.55. The first-order valence-corrected chi connectivity index (χ1v) is 11.5. The van der Waals surface area contributed by atoms with Crippen LogP contribution in [0.2, 0.25) is 0 Å². The van der Waals surface area contributed by atoms with Crippen molar-refractivity contribution >= 4 is 36.2 Å². The molecule has 4 N–H and O–H groups in total. The van der Waals surface area contributed by atoms with Crippen LogP contribution < -0.4 is 10.8 Å². The second-order valence-electron chi connectivity index (χ2n) is 7.15. The van der Waals surface area contributed by atoms with Gasteiger partial charge in [-0.25, -0.2) is 20.0 Å². The number of aliphatic carboxylic acids is 1. The molecule has 3 rings (SSSR count). The summed E-state index contributed by atoms with van der Waals surface area (Å²) in [6.45, 7) is 4.49. The lowest BCUT2D eigenvalue weighted by molar-refractivity contribution is -0.138. The minimum Gasteiger partial charge on any atom is -0.480 e. The molecule has 0 bridgehead atoms. The minimum atomic E-state index is -3.75. The highest BCUT2D eigenvalue weighted by Gasteiger charge is 2.31. The Morgan fingerprint density at radius 2 is 2.13 bits per heavy atom. The fraction of sp³-hybridized carbons (Fsp3) is 0.588. The van der Waals surface area contributed by atoms with E-state index < -0.39 is 25.6 Å². The monoisotopic (exact) mass is 455 g/mol. The van der Waals surface area contributed by atoms with Crippen molar-refractivity contribution in [2.24, 2.45) is 5.16 Å². The number of hydrogen-bond acceptors (Lipinski definition) is 10. The Hall–Kier alpha value is -2.60. The quantitative estimate of drug-likeness (QED) is 0.347. The molecule has 0 aliphatic carbocycles. The van der Waals surface area contributed by atoms with E-state index in [2.05, 4.69) is 25.2 Å². The van der Waals surface area contributed by atoms with Crippen molar-refractivity contribution in [3.8, 4) is 0 Å². The highest BCUT2D eigenvalue weighted by molar-refractivity contribution is 7.56. The maximum Gasteiger partial charge on any atom is 0.364 e. The summed E-state index contributed by atoms with van der Waals surface area (Å²) >= 11 is 0. The maximum absolute atomic E-state index is 13.2. The predicted molar refractivity (Wildman–Crippen MR) is 112 cm³/mol. The summed E-state index contributed by atoms with van der Waals surface area (Å²) in [5.74, 6) is -0.896. The molecule has 3 atom stereocenters. The van der Waals surface area contributed by atoms with Crippen LogP contribution in [0.15, 0.2) is 17.8 Å². The molecule has 14 heteroatoms. The van der Waals surface area contributed by atoms with Crippen LogP contribution in [-0.4, -0.2) is 68.0 Å². The Morgan fingerprint density at radius 3 is 2.84 bits per heavy atom. The molecule has 1 unspecified atom stereocenters. The van der Waals surface area contributed by atoms with Crippen molar-refractivity contribution in [3.05, 3.63) is 12.7 Å². The van der Waals surface area contributed by atoms with Crippen LogP contribution in [0, 0.1) is 0 Å². The summed E-state index contributed by atoms with van der Waals surface area (Å²) < 4.78 is 31.2. The average Bonchev–Trinajstić information content (AvgIpc) is 3.16. The van der Waals surface area contributed by atoms with E-state index in [1.54, 1.807) is 17.8 Å². The third-order valence-corrected chi connectivity index (χ3v) is 6.16. The maximum atomic E-state index is 13.2. The summed E-state index contributed by atoms with van der Waals surface area (Å²) in [7, 11) is -3.75. The van der Waals surface area contributed by atoms with E-state index in [0.29, 0.717) is 49.5 Å². The van der Waals surface area contributed by atoms with Crippen LogP contribution in [0.25, 0.3) is 11.2 Å². The lowest BCUT2D eigenvalue weighted by atomic mass is 10.2. The first kappa shape index (κ1) is 23.1. The van der Waals surface area contributed by atoms with E-state index in [1.807, 2.05) is 0 Å². The molecule has 3 heterocycles. The molecule has 2 aromatic heterocycles. The van der Waals surface area contributed by atoms with Gasteiger partial charge in [-0.15, -0.1) is 0 Å². The second-order valence-corrected chi connectivity index (χ2v) is 9.17. The molecule has 170 valence electrons. The lowest BCUT2D eigenvalue weighted by Gasteiger charge is -2.22. The number of nitrogens with one attached hydrogen (secondary N) is 1. The van der Waals surface area contributed by atoms with Gasteiger partial charge >= 0.3 is 13.5 Å². The van der Waals surface area contributed by atoms with Gasteiger partial charge in [-0.2, -0.15) is 0 Å². The second kappa shape index (κ2) is 10.1. The van der Waals surface area contributed by atoms with Crippen molar-refractivity contribution in [2.45, 2.75) is 45.4 Å². The van der Waals surface area contributed by atoms with Crippen molar-refractivity contribution in [3.63, 3.8) is 0 Å². The summed E-state index contributed by atoms with van der Waals surface area (Å²) in [5.41, 5.74) is 7.52. The Bertz CT molecular complexity index is 989. The fourth-order valence-corrected chi connectivity index (χ4v) is 4.41. The van der Waals surface area contributed by atoms with Crippen molar-refractivity contribution in [2.75, 3.05) is 25.3 Å². The molecule has 13 nitrogen and oxygen atoms in total. The number of carboxylic acid groups (broad SMARTS) is 1. The van der Waals surface area contributed by atoms with Gasteiger partial charge in [0.2, 0.25) is 0 Å². The van der Waals surface area contributed by atoms with Gasteiger partial charge in [0.15, 0.2) is 11.5 Å². The molecule has 0 saturated carbocycles. The van der Waals surface area contributed by atoms with Gasteiger partial charge in [-0.1, -0.05) is 5.16 Å². The number of nitrogen functional groups attached to an aromatic ring is 1. The van der Waals surface area contributed by atoms with Crippen LogP contribution in [0.4, 0.5) is 5.82 Å². The summed E-state index contributed by atoms with van der Waals surface area (Å²) in [5, 5.41) is 15.6. The van der Waals surface area contributed by atoms with E-state index in [0.717, 1.165) is 0 Å². The van der Waals surface area contributed by atoms with Crippen LogP contribution >= 0.6 is 7.52 Å². The van der Waals surface area contributed by atoms with Gasteiger partial charge in [-0.3, -0.25) is 9.36 Å². The summed E-state index contributed by atoms with van der Waals surface area (Å²) in [6.07, 6.45) is 3.23. The number of carbonyl (C=O) groups is 1. The van der Waals surface area contributed by atoms with Crippen LogP contribution in [-0.2, 0) is 30.0 Å². The third-order valence-electron chi connectivity index (χ3n) is 4.54. The van der Waals surface area contributed by atoms with E-state index >= 15 is 0 Å². The lowest BCUT2D eigenvalue weighted by Crippen LogP contribution is -2.33. The molecular weight excluding hydrogens is 429 g/mol. The Balaban J connectivity index is 1.65. The van der Waals surface area contributed by atoms with Gasteiger partial charge in [0, 0.05) is 12.8 Å². The zero-order valence-corrected chi connectivity index (χ0v) is 18.2. The Morgan fingerprint density at radius 1 is 1.39 bits per heavy atom. The summed E-state index contributed by atoms with van der Waals surface area (Å²) in [6, 6.07) is -1.11. The number of oxime groups is 1. The van der Waals surface area contributed by atoms with Crippen molar-refractivity contribution in [1.29, 1.82) is 0 Å². The minimum absolute atomic E-state index is 0.273. The van der Waals surface area contributed by atoms with Crippen molar-refractivity contribution < 1.29 is 28.6 Å². The van der Waals surface area contributed by atoms with Gasteiger partial charge in [0.1, 0.15) is 24.2 Å². The number of rotatable bonds is 10. The standard InChI is InChI=1S/C17H26N7O6P/c1-11(7-24-9-21-14-15(18)19-8-20-16(14)24)29-10-31(27,23-12(2)17(25)26)30-22-13-3-5-28-6-4-13/h8-9,11-12H,3-7,10H2,1-2H3,(H,23,27)(H,25,26)(H2,18,19,20)/t11-,12+,31?/m1/s1. The molecule has 1 saturated heterocycles. The highest BCUT2D eigenvalue weighted by atomic mass is 31.2. The number of hydrogen-bond donors (Lipinski definition) is 3. The molecule has 1 aliphatic heterocycles. The third kappa shape index (κ3) is 6.20. The van der Waals surface area contributed by atoms with Crippen LogP contribution in [0.3, 0.4) is 0 Å². The number of anilines is 1. The van der Waals surface area contributed by atoms with Gasteiger partial charge in [-0.05, 0) is 13.8 Å². The molecular formula is C17H26N7O6P. The highest BCUT2D eigenvalue weighted by Crippen LogP contribution is 2.44. The number of fused-ring (bicyclic) bond motifs is 1. The molecule has 2 aromatic rings. The number of imidazole rings is 1. The van der Waals surface area contributed by atoms with Gasteiger partial charge in [0.25, 0.3) is 0 Å². The smallest absolute Gasteiger partial charge is 0.364 e. The van der Waals surface area contributed by atoms with E-state index in [4.69, 9.17) is 24.9 Å². The van der Waals surface area contributed by atoms with Crippen molar-refractivity contribution in [1.82, 2.24) is 24.6 Å². The zero-order valence-electron chi connectivity index (χ0n) is 17.3. The topological polar surface area (TPSA) is 176 Å². The molecule has 31 heavy (non-hydrogen) atoms. The first-order valence-electron chi connectivity index (χ1n) is 9.72. The van der Waals surface area contributed by atoms with E-state index in [9.17, 15) is 9.36 Å². The molecule has 0 amide bonds. The van der Waals surface area contributed by atoms with Crippen LogP contribution in [0.5, 0.6) is 0 Å². The average molecular weight is 455 g/mol. The number of nitrogens with zero attached hydrogens (tertiary/aromatic N) is 5. The molecule has 1 aliphatic rings. The number of nitrogens with two attached hydrogens (primary N) is 1. The number of ether oxygens (including phenoxy) is 2. The van der Waals surface area contributed by atoms with Gasteiger partial charge in [0.05, 0.1) is 37.9 Å². The molecule has 0 spiro atoms. The normalized spacial score (nSPS) is 18.3. The number of carboxylic acids is 1. The fourth-order valence-electron chi connectivity index (χ4n) is 2.84. The Labute approximate surface area is 178 Å². The molecule has 0 aromatic carbocycles. The zero-order chi connectivity index (χ0) is 22.4. The van der Waals surface area contributed by atoms with Crippen LogP contribution in [0.1, 0.15) is 26.7 Å². The first-order chi connectivity index (χ1) is 14.8. The largest absolute Gasteiger partial charge is 0.480 e. The van der Waals surface area contributed by atoms with E-state index in [-0.39, 0.29) is 12.2 Å². The molecule has 1 fully saturated rings. The predicted octanol–water partition coefficient (Wildman–Crippen LogP) is 1.21. The molecule has 0 radical (unpaired) electrons. The summed E-state index contributed by atoms with van der Waals surface area (Å²) in [4.78, 5) is 23.5. The van der Waals surface area contributed by atoms with E-state index in [1.165, 1.54) is 13.3 Å². The number of aromatic nitrogens is 4.